The summed E-state index contributed by atoms with van der Waals surface area (Å²) in [6.07, 6.45) is 1.94. The van der Waals surface area contributed by atoms with Crippen molar-refractivity contribution in [3.05, 3.63) is 102 Å². The summed E-state index contributed by atoms with van der Waals surface area (Å²) in [5.74, 6) is 0. The van der Waals surface area contributed by atoms with E-state index in [0.29, 0.717) is 0 Å². The van der Waals surface area contributed by atoms with Gasteiger partial charge in [0, 0.05) is 17.1 Å². The van der Waals surface area contributed by atoms with Crippen LogP contribution in [-0.4, -0.2) is 4.98 Å². The zero-order valence-corrected chi connectivity index (χ0v) is 19.5. The third-order valence-corrected chi connectivity index (χ3v) is 6.35. The number of hydrogen-bond donors (Lipinski definition) is 0. The molecule has 0 saturated heterocycles. The van der Waals surface area contributed by atoms with Crippen molar-refractivity contribution in [2.24, 2.45) is 0 Å². The van der Waals surface area contributed by atoms with Crippen molar-refractivity contribution < 1.29 is 0 Å². The lowest BCUT2D eigenvalue weighted by Crippen LogP contribution is -2.10. The summed E-state index contributed by atoms with van der Waals surface area (Å²) < 4.78 is 0. The average molecular weight is 416 g/mol. The lowest BCUT2D eigenvalue weighted by Gasteiger charge is -2.19. The molecule has 1 nitrogen and oxygen atoms in total. The Bertz CT molecular complexity index is 1450. The highest BCUT2D eigenvalue weighted by molar-refractivity contribution is 6.11. The molecule has 0 atom stereocenters. The van der Waals surface area contributed by atoms with Crippen molar-refractivity contribution in [3.63, 3.8) is 0 Å². The van der Waals surface area contributed by atoms with Crippen molar-refractivity contribution in [1.29, 1.82) is 0 Å². The van der Waals surface area contributed by atoms with Crippen LogP contribution in [-0.2, 0) is 5.41 Å². The van der Waals surface area contributed by atoms with Crippen LogP contribution < -0.4 is 0 Å². The summed E-state index contributed by atoms with van der Waals surface area (Å²) in [6.45, 7) is 11.1. The molecular weight excluding hydrogens is 386 g/mol. The van der Waals surface area contributed by atoms with Gasteiger partial charge in [0.15, 0.2) is 0 Å². The Balaban J connectivity index is 1.66. The van der Waals surface area contributed by atoms with Gasteiger partial charge < -0.3 is 0 Å². The zero-order valence-electron chi connectivity index (χ0n) is 19.5. The van der Waals surface area contributed by atoms with E-state index in [4.69, 9.17) is 4.98 Å². The highest BCUT2D eigenvalue weighted by atomic mass is 14.7. The van der Waals surface area contributed by atoms with Crippen molar-refractivity contribution in [1.82, 2.24) is 4.98 Å². The number of fused-ring (bicyclic) bond motifs is 3. The molecule has 0 saturated carbocycles. The number of nitrogens with zero attached hydrogens (tertiary/aromatic N) is 1. The molecule has 0 spiro atoms. The number of aryl methyl sites for hydroxylation is 2. The quantitative estimate of drug-likeness (QED) is 0.263. The van der Waals surface area contributed by atoms with Crippen LogP contribution in [0.15, 0.2) is 85.1 Å². The standard InChI is InChI=1S/C31H29N/c1-20-6-12-27-23(16-20)9-13-29-28(27)14-15-32-30(29)25-18-21(2)17-24(19-25)22-7-10-26(11-8-22)31(3,4)5/h6-19H,1-5H3. The van der Waals surface area contributed by atoms with Crippen molar-refractivity contribution in [2.75, 3.05) is 0 Å². The van der Waals surface area contributed by atoms with E-state index in [-0.39, 0.29) is 5.41 Å². The molecule has 0 radical (unpaired) electrons. The third kappa shape index (κ3) is 3.69. The maximum absolute atomic E-state index is 4.82. The molecule has 1 heteroatoms. The molecular formula is C31H29N. The van der Waals surface area contributed by atoms with Crippen LogP contribution >= 0.6 is 0 Å². The molecule has 1 aromatic heterocycles. The normalized spacial score (nSPS) is 11.9. The lowest BCUT2D eigenvalue weighted by atomic mass is 9.86. The van der Waals surface area contributed by atoms with Crippen LogP contribution in [0.2, 0.25) is 0 Å². The second-order valence-electron chi connectivity index (χ2n) is 9.96. The Morgan fingerprint density at radius 1 is 0.562 bits per heavy atom. The molecule has 1 heterocycles. The number of pyridine rings is 1. The molecule has 0 amide bonds. The van der Waals surface area contributed by atoms with Crippen molar-refractivity contribution in [2.45, 2.75) is 40.0 Å². The third-order valence-electron chi connectivity index (χ3n) is 6.35. The van der Waals surface area contributed by atoms with Crippen molar-refractivity contribution >= 4 is 21.5 Å². The second-order valence-corrected chi connectivity index (χ2v) is 9.96. The minimum Gasteiger partial charge on any atom is -0.256 e. The Hall–Kier alpha value is -3.45. The number of aromatic nitrogens is 1. The molecule has 0 aliphatic heterocycles. The Morgan fingerprint density at radius 2 is 1.28 bits per heavy atom. The fraction of sp³-hybridized carbons (Fsp3) is 0.194. The van der Waals surface area contributed by atoms with E-state index in [2.05, 4.69) is 113 Å². The Kier molecular flexibility index (Phi) is 4.86. The Labute approximate surface area is 190 Å². The minimum atomic E-state index is 0.157. The first kappa shape index (κ1) is 20.5. The van der Waals surface area contributed by atoms with Gasteiger partial charge in [-0.1, -0.05) is 87.0 Å². The summed E-state index contributed by atoms with van der Waals surface area (Å²) in [6, 6.07) is 29.0. The largest absolute Gasteiger partial charge is 0.256 e. The van der Waals surface area contributed by atoms with E-state index in [1.165, 1.54) is 49.4 Å². The molecule has 0 N–H and O–H groups in total. The second kappa shape index (κ2) is 7.60. The molecule has 0 aliphatic carbocycles. The maximum Gasteiger partial charge on any atom is 0.0780 e. The Morgan fingerprint density at radius 3 is 2.03 bits per heavy atom. The first-order chi connectivity index (χ1) is 15.3. The van der Waals surface area contributed by atoms with E-state index < -0.39 is 0 Å². The van der Waals surface area contributed by atoms with Crippen molar-refractivity contribution in [3.8, 4) is 22.4 Å². The predicted octanol–water partition coefficient (Wildman–Crippen LogP) is 8.64. The summed E-state index contributed by atoms with van der Waals surface area (Å²) >= 11 is 0. The molecule has 0 aliphatic rings. The van der Waals surface area contributed by atoms with Crippen LogP contribution in [0.25, 0.3) is 43.9 Å². The van der Waals surface area contributed by atoms with Gasteiger partial charge in [-0.25, -0.2) is 0 Å². The summed E-state index contributed by atoms with van der Waals surface area (Å²) in [5, 5.41) is 5.01. The SMILES string of the molecule is Cc1cc(-c2ccc(C(C)(C)C)cc2)cc(-c2nccc3c2ccc2cc(C)ccc23)c1. The van der Waals surface area contributed by atoms with Gasteiger partial charge in [-0.3, -0.25) is 4.98 Å². The zero-order chi connectivity index (χ0) is 22.5. The summed E-state index contributed by atoms with van der Waals surface area (Å²) in [5.41, 5.74) is 8.72. The van der Waals surface area contributed by atoms with E-state index in [0.717, 1.165) is 11.3 Å². The van der Waals surface area contributed by atoms with Gasteiger partial charge in [0.2, 0.25) is 0 Å². The van der Waals surface area contributed by atoms with Gasteiger partial charge in [0.25, 0.3) is 0 Å². The minimum absolute atomic E-state index is 0.157. The number of rotatable bonds is 2. The smallest absolute Gasteiger partial charge is 0.0780 e. The molecule has 5 rings (SSSR count). The average Bonchev–Trinajstić information content (AvgIpc) is 2.77. The van der Waals surface area contributed by atoms with Gasteiger partial charge in [-0.05, 0) is 75.9 Å². The van der Waals surface area contributed by atoms with E-state index >= 15 is 0 Å². The highest BCUT2D eigenvalue weighted by Crippen LogP contribution is 2.35. The highest BCUT2D eigenvalue weighted by Gasteiger charge is 2.14. The van der Waals surface area contributed by atoms with Gasteiger partial charge in [-0.2, -0.15) is 0 Å². The van der Waals surface area contributed by atoms with E-state index in [1.807, 2.05) is 6.20 Å². The number of hydrogen-bond acceptors (Lipinski definition) is 1. The molecule has 5 aromatic rings. The van der Waals surface area contributed by atoms with Gasteiger partial charge in [0.05, 0.1) is 5.69 Å². The fourth-order valence-corrected chi connectivity index (χ4v) is 4.59. The molecule has 158 valence electrons. The first-order valence-corrected chi connectivity index (χ1v) is 11.3. The van der Waals surface area contributed by atoms with Gasteiger partial charge in [0.1, 0.15) is 0 Å². The van der Waals surface area contributed by atoms with E-state index in [1.54, 1.807) is 0 Å². The molecule has 0 unspecified atom stereocenters. The molecule has 0 bridgehead atoms. The lowest BCUT2D eigenvalue weighted by molar-refractivity contribution is 0.590. The van der Waals surface area contributed by atoms with E-state index in [9.17, 15) is 0 Å². The molecule has 32 heavy (non-hydrogen) atoms. The molecule has 0 fully saturated rings. The van der Waals surface area contributed by atoms with Crippen LogP contribution in [0.4, 0.5) is 0 Å². The monoisotopic (exact) mass is 415 g/mol. The molecule has 4 aromatic carbocycles. The maximum atomic E-state index is 4.82. The van der Waals surface area contributed by atoms with Crippen LogP contribution in [0, 0.1) is 13.8 Å². The van der Waals surface area contributed by atoms with Gasteiger partial charge >= 0.3 is 0 Å². The predicted molar refractivity (Wildman–Crippen MR) is 138 cm³/mol. The fourth-order valence-electron chi connectivity index (χ4n) is 4.59. The van der Waals surface area contributed by atoms with Crippen LogP contribution in [0.3, 0.4) is 0 Å². The number of benzene rings is 4. The van der Waals surface area contributed by atoms with Crippen LogP contribution in [0.1, 0.15) is 37.5 Å². The first-order valence-electron chi connectivity index (χ1n) is 11.3. The summed E-state index contributed by atoms with van der Waals surface area (Å²) in [4.78, 5) is 4.82. The van der Waals surface area contributed by atoms with Gasteiger partial charge in [-0.15, -0.1) is 0 Å². The van der Waals surface area contributed by atoms with Crippen LogP contribution in [0.5, 0.6) is 0 Å². The summed E-state index contributed by atoms with van der Waals surface area (Å²) in [7, 11) is 0. The topological polar surface area (TPSA) is 12.9 Å².